The maximum Gasteiger partial charge on any atom is 0.237 e. The van der Waals surface area contributed by atoms with Crippen molar-refractivity contribution < 1.29 is 4.79 Å². The van der Waals surface area contributed by atoms with Gasteiger partial charge >= 0.3 is 0 Å². The van der Waals surface area contributed by atoms with Crippen molar-refractivity contribution in [1.82, 2.24) is 10.2 Å². The lowest BCUT2D eigenvalue weighted by molar-refractivity contribution is -0.124. The molecule has 0 aromatic rings. The second kappa shape index (κ2) is 7.85. The maximum absolute atomic E-state index is 11.7. The van der Waals surface area contributed by atoms with Gasteiger partial charge in [-0.3, -0.25) is 4.79 Å². The molecule has 0 bridgehead atoms. The molecule has 0 radical (unpaired) electrons. The molecule has 1 aliphatic rings. The Bertz CT molecular complexity index is 283. The fourth-order valence-electron chi connectivity index (χ4n) is 2.77. The van der Waals surface area contributed by atoms with Crippen molar-refractivity contribution in [2.24, 2.45) is 11.7 Å². The molecule has 1 aliphatic heterocycles. The van der Waals surface area contributed by atoms with Crippen LogP contribution in [-0.2, 0) is 4.79 Å². The molecule has 1 rings (SSSR count). The smallest absolute Gasteiger partial charge is 0.237 e. The van der Waals surface area contributed by atoms with Crippen LogP contribution in [-0.4, -0.2) is 42.5 Å². The molecular weight excluding hydrogens is 238 g/mol. The third-order valence-corrected chi connectivity index (χ3v) is 4.42. The monoisotopic (exact) mass is 269 g/mol. The van der Waals surface area contributed by atoms with E-state index in [4.69, 9.17) is 5.73 Å². The third kappa shape index (κ3) is 5.11. The molecule has 2 unspecified atom stereocenters. The van der Waals surface area contributed by atoms with E-state index in [1.54, 1.807) is 0 Å². The molecule has 19 heavy (non-hydrogen) atoms. The molecule has 0 aliphatic carbocycles. The molecule has 4 heteroatoms. The van der Waals surface area contributed by atoms with Crippen LogP contribution in [0.2, 0.25) is 0 Å². The quantitative estimate of drug-likeness (QED) is 0.706. The molecule has 1 fully saturated rings. The average Bonchev–Trinajstić information content (AvgIpc) is 2.43. The first-order chi connectivity index (χ1) is 9.01. The van der Waals surface area contributed by atoms with Gasteiger partial charge in [0, 0.05) is 13.1 Å². The van der Waals surface area contributed by atoms with Crippen LogP contribution in [0, 0.1) is 5.92 Å². The lowest BCUT2D eigenvalue weighted by Crippen LogP contribution is -2.55. The van der Waals surface area contributed by atoms with E-state index < -0.39 is 5.54 Å². The summed E-state index contributed by atoms with van der Waals surface area (Å²) in [5, 5.41) is 3.31. The van der Waals surface area contributed by atoms with Crippen LogP contribution >= 0.6 is 0 Å². The van der Waals surface area contributed by atoms with Crippen LogP contribution in [0.1, 0.15) is 52.9 Å². The fraction of sp³-hybridized carbons (Fsp3) is 0.933. The second-order valence-corrected chi connectivity index (χ2v) is 6.09. The third-order valence-electron chi connectivity index (χ3n) is 4.42. The number of piperidine rings is 1. The number of nitrogens with one attached hydrogen (secondary N) is 1. The Morgan fingerprint density at radius 2 is 2.21 bits per heavy atom. The topological polar surface area (TPSA) is 58.4 Å². The maximum atomic E-state index is 11.7. The van der Waals surface area contributed by atoms with E-state index in [1.165, 1.54) is 32.4 Å². The first-order valence-electron chi connectivity index (χ1n) is 7.79. The number of rotatable bonds is 8. The summed E-state index contributed by atoms with van der Waals surface area (Å²) in [4.78, 5) is 14.2. The number of carbonyl (C=O) groups excluding carboxylic acids is 1. The Morgan fingerprint density at radius 1 is 1.47 bits per heavy atom. The van der Waals surface area contributed by atoms with Crippen molar-refractivity contribution in [2.45, 2.75) is 58.4 Å². The zero-order chi connectivity index (χ0) is 14.3. The predicted octanol–water partition coefficient (Wildman–Crippen LogP) is 1.74. The zero-order valence-electron chi connectivity index (χ0n) is 12.9. The number of hydrogen-bond acceptors (Lipinski definition) is 3. The highest BCUT2D eigenvalue weighted by molar-refractivity contribution is 5.84. The number of likely N-dealkylation sites (tertiary alicyclic amines) is 1. The van der Waals surface area contributed by atoms with E-state index in [-0.39, 0.29) is 5.91 Å². The van der Waals surface area contributed by atoms with Gasteiger partial charge in [0.15, 0.2) is 0 Å². The minimum Gasteiger partial charge on any atom is -0.368 e. The van der Waals surface area contributed by atoms with Gasteiger partial charge in [-0.25, -0.2) is 0 Å². The van der Waals surface area contributed by atoms with Gasteiger partial charge in [0.25, 0.3) is 0 Å². The Balaban J connectivity index is 2.44. The van der Waals surface area contributed by atoms with E-state index in [2.05, 4.69) is 24.1 Å². The van der Waals surface area contributed by atoms with Gasteiger partial charge in [-0.05, 0) is 51.6 Å². The largest absolute Gasteiger partial charge is 0.368 e. The Hall–Kier alpha value is -0.610. The summed E-state index contributed by atoms with van der Waals surface area (Å²) in [6, 6.07) is 0. The SMILES string of the molecule is CCCNC(C)(CCN1CCCC(CC)C1)C(N)=O. The number of primary amides is 1. The van der Waals surface area contributed by atoms with Crippen LogP contribution in [0.15, 0.2) is 0 Å². The first kappa shape index (κ1) is 16.4. The average molecular weight is 269 g/mol. The van der Waals surface area contributed by atoms with Gasteiger partial charge in [-0.2, -0.15) is 0 Å². The number of nitrogens with zero attached hydrogens (tertiary/aromatic N) is 1. The number of amides is 1. The van der Waals surface area contributed by atoms with Crippen LogP contribution < -0.4 is 11.1 Å². The Morgan fingerprint density at radius 3 is 2.79 bits per heavy atom. The standard InChI is InChI=1S/C15H31N3O/c1-4-9-17-15(3,14(16)19)8-11-18-10-6-7-13(5-2)12-18/h13,17H,4-12H2,1-3H3,(H2,16,19). The van der Waals surface area contributed by atoms with Crippen LogP contribution in [0.3, 0.4) is 0 Å². The molecule has 112 valence electrons. The van der Waals surface area contributed by atoms with Gasteiger partial charge in [0.05, 0.1) is 5.54 Å². The van der Waals surface area contributed by atoms with Gasteiger partial charge < -0.3 is 16.0 Å². The van der Waals surface area contributed by atoms with Crippen molar-refractivity contribution in [2.75, 3.05) is 26.2 Å². The molecule has 1 amide bonds. The predicted molar refractivity (Wildman–Crippen MR) is 80.0 cm³/mol. The summed E-state index contributed by atoms with van der Waals surface area (Å²) in [5.74, 6) is 0.599. The van der Waals surface area contributed by atoms with Crippen molar-refractivity contribution in [1.29, 1.82) is 0 Å². The van der Waals surface area contributed by atoms with E-state index in [0.717, 1.165) is 31.8 Å². The molecule has 4 nitrogen and oxygen atoms in total. The summed E-state index contributed by atoms with van der Waals surface area (Å²) >= 11 is 0. The van der Waals surface area contributed by atoms with Crippen LogP contribution in [0.4, 0.5) is 0 Å². The van der Waals surface area contributed by atoms with E-state index in [1.807, 2.05) is 6.92 Å². The summed E-state index contributed by atoms with van der Waals surface area (Å²) in [5.41, 5.74) is 5.00. The van der Waals surface area contributed by atoms with Crippen LogP contribution in [0.25, 0.3) is 0 Å². The van der Waals surface area contributed by atoms with E-state index >= 15 is 0 Å². The Kier molecular flexibility index (Phi) is 6.80. The molecule has 1 saturated heterocycles. The highest BCUT2D eigenvalue weighted by Crippen LogP contribution is 2.20. The minimum atomic E-state index is -0.560. The summed E-state index contributed by atoms with van der Waals surface area (Å²) in [6.45, 7) is 10.5. The molecule has 1 heterocycles. The van der Waals surface area contributed by atoms with Gasteiger partial charge in [0.2, 0.25) is 5.91 Å². The molecule has 0 saturated carbocycles. The minimum absolute atomic E-state index is 0.231. The lowest BCUT2D eigenvalue weighted by Gasteiger charge is -2.35. The van der Waals surface area contributed by atoms with Crippen LogP contribution in [0.5, 0.6) is 0 Å². The molecular formula is C15H31N3O. The van der Waals surface area contributed by atoms with Crippen molar-refractivity contribution in [3.8, 4) is 0 Å². The second-order valence-electron chi connectivity index (χ2n) is 6.09. The normalized spacial score (nSPS) is 24.1. The summed E-state index contributed by atoms with van der Waals surface area (Å²) in [7, 11) is 0. The highest BCUT2D eigenvalue weighted by Gasteiger charge is 2.31. The van der Waals surface area contributed by atoms with Crippen molar-refractivity contribution in [3.05, 3.63) is 0 Å². The van der Waals surface area contributed by atoms with Gasteiger partial charge in [-0.1, -0.05) is 20.3 Å². The first-order valence-corrected chi connectivity index (χ1v) is 7.79. The number of nitrogens with two attached hydrogens (primary N) is 1. The molecule has 0 spiro atoms. The fourth-order valence-corrected chi connectivity index (χ4v) is 2.77. The van der Waals surface area contributed by atoms with E-state index in [0.29, 0.717) is 0 Å². The summed E-state index contributed by atoms with van der Waals surface area (Å²) in [6.07, 6.45) is 5.73. The number of hydrogen-bond donors (Lipinski definition) is 2. The molecule has 3 N–H and O–H groups in total. The summed E-state index contributed by atoms with van der Waals surface area (Å²) < 4.78 is 0. The highest BCUT2D eigenvalue weighted by atomic mass is 16.1. The zero-order valence-corrected chi connectivity index (χ0v) is 12.9. The van der Waals surface area contributed by atoms with Crippen molar-refractivity contribution in [3.63, 3.8) is 0 Å². The number of carbonyl (C=O) groups is 1. The van der Waals surface area contributed by atoms with Gasteiger partial charge in [-0.15, -0.1) is 0 Å². The molecule has 2 atom stereocenters. The lowest BCUT2D eigenvalue weighted by atomic mass is 9.93. The molecule has 0 aromatic heterocycles. The molecule has 0 aromatic carbocycles. The van der Waals surface area contributed by atoms with Gasteiger partial charge in [0.1, 0.15) is 0 Å². The Labute approximate surface area is 118 Å². The van der Waals surface area contributed by atoms with E-state index in [9.17, 15) is 4.79 Å². The van der Waals surface area contributed by atoms with Crippen molar-refractivity contribution >= 4 is 5.91 Å².